The largest absolute Gasteiger partial charge is 0.352 e. The first-order valence-electron chi connectivity index (χ1n) is 10.1. The highest BCUT2D eigenvalue weighted by Gasteiger charge is 2.47. The van der Waals surface area contributed by atoms with Crippen LogP contribution in [0.25, 0.3) is 11.3 Å². The Morgan fingerprint density at radius 3 is 2.57 bits per heavy atom. The zero-order valence-corrected chi connectivity index (χ0v) is 15.7. The quantitative estimate of drug-likeness (QED) is 0.789. The summed E-state index contributed by atoms with van der Waals surface area (Å²) in [5.41, 5.74) is 0.992. The molecule has 2 N–H and O–H groups in total. The second kappa shape index (κ2) is 7.00. The van der Waals surface area contributed by atoms with E-state index in [1.165, 1.54) is 30.0 Å². The lowest BCUT2D eigenvalue weighted by molar-refractivity contribution is -0.123. The number of carbonyl (C=O) groups excluding carboxylic acids is 1. The molecule has 5 rings (SSSR count). The van der Waals surface area contributed by atoms with Crippen LogP contribution in [-0.2, 0) is 11.3 Å². The zero-order valence-electron chi connectivity index (χ0n) is 15.7. The molecule has 0 aliphatic heterocycles. The molecule has 0 aromatic carbocycles. The molecular formula is C20H24N6O2. The molecule has 3 unspecified atom stereocenters. The highest BCUT2D eigenvalue weighted by molar-refractivity contribution is 5.76. The van der Waals surface area contributed by atoms with Crippen molar-refractivity contribution >= 4 is 11.9 Å². The number of nitrogens with one attached hydrogen (secondary N) is 2. The average Bonchev–Trinajstić information content (AvgIpc) is 2.64. The van der Waals surface area contributed by atoms with Gasteiger partial charge in [0.1, 0.15) is 6.54 Å². The molecule has 3 aliphatic rings. The van der Waals surface area contributed by atoms with Crippen molar-refractivity contribution in [2.24, 2.45) is 11.8 Å². The number of hydrogen-bond acceptors (Lipinski definition) is 6. The summed E-state index contributed by atoms with van der Waals surface area (Å²) in [4.78, 5) is 33.0. The number of anilines is 1. The Morgan fingerprint density at radius 1 is 1.14 bits per heavy atom. The van der Waals surface area contributed by atoms with Crippen molar-refractivity contribution < 1.29 is 4.79 Å². The fourth-order valence-electron chi connectivity index (χ4n) is 4.27. The van der Waals surface area contributed by atoms with Gasteiger partial charge in [-0.25, -0.2) is 14.6 Å². The van der Waals surface area contributed by atoms with E-state index in [1.807, 2.05) is 0 Å². The molecule has 2 aromatic heterocycles. The first-order chi connectivity index (χ1) is 13.7. The predicted octanol–water partition coefficient (Wildman–Crippen LogP) is 1.58. The molecular weight excluding hydrogens is 356 g/mol. The average molecular weight is 380 g/mol. The molecule has 2 aromatic rings. The summed E-state index contributed by atoms with van der Waals surface area (Å²) in [6, 6.07) is 3.81. The van der Waals surface area contributed by atoms with Gasteiger partial charge in [-0.05, 0) is 56.4 Å². The van der Waals surface area contributed by atoms with Gasteiger partial charge < -0.3 is 10.6 Å². The maximum Gasteiger partial charge on any atom is 0.267 e. The maximum absolute atomic E-state index is 12.1. The Labute approximate surface area is 162 Å². The Morgan fingerprint density at radius 2 is 1.96 bits per heavy atom. The molecule has 146 valence electrons. The lowest BCUT2D eigenvalue weighted by Crippen LogP contribution is -2.52. The number of hydrogen-bond donors (Lipinski definition) is 2. The molecule has 3 fully saturated rings. The van der Waals surface area contributed by atoms with Gasteiger partial charge in [-0.3, -0.25) is 9.59 Å². The van der Waals surface area contributed by atoms with Gasteiger partial charge in [0, 0.05) is 36.1 Å². The van der Waals surface area contributed by atoms with Gasteiger partial charge in [0.25, 0.3) is 5.56 Å². The lowest BCUT2D eigenvalue weighted by atomic mass is 9.56. The summed E-state index contributed by atoms with van der Waals surface area (Å²) in [6.45, 7) is -0.0755. The van der Waals surface area contributed by atoms with Crippen molar-refractivity contribution in [1.82, 2.24) is 25.1 Å². The van der Waals surface area contributed by atoms with Gasteiger partial charge in [-0.2, -0.15) is 5.10 Å². The van der Waals surface area contributed by atoms with Gasteiger partial charge in [-0.15, -0.1) is 0 Å². The summed E-state index contributed by atoms with van der Waals surface area (Å²) < 4.78 is 1.20. The number of amides is 1. The molecule has 8 heteroatoms. The highest BCUT2D eigenvalue weighted by atomic mass is 16.2. The van der Waals surface area contributed by atoms with Crippen LogP contribution in [0.15, 0.2) is 29.3 Å². The fraction of sp³-hybridized carbons (Fsp3) is 0.550. The Hall–Kier alpha value is -2.77. The van der Waals surface area contributed by atoms with Crippen LogP contribution >= 0.6 is 0 Å². The van der Waals surface area contributed by atoms with Gasteiger partial charge in [-0.1, -0.05) is 0 Å². The van der Waals surface area contributed by atoms with E-state index in [0.717, 1.165) is 31.1 Å². The number of fused-ring (bicyclic) bond motifs is 1. The number of nitrogens with zero attached hydrogens (tertiary/aromatic N) is 4. The highest BCUT2D eigenvalue weighted by Crippen LogP contribution is 2.50. The third-order valence-electron chi connectivity index (χ3n) is 6.44. The summed E-state index contributed by atoms with van der Waals surface area (Å²) >= 11 is 0. The van der Waals surface area contributed by atoms with E-state index in [2.05, 4.69) is 25.7 Å². The smallest absolute Gasteiger partial charge is 0.267 e. The van der Waals surface area contributed by atoms with E-state index in [1.54, 1.807) is 18.5 Å². The minimum Gasteiger partial charge on any atom is -0.352 e. The Bertz CT molecular complexity index is 936. The number of rotatable bonds is 6. The molecule has 0 spiro atoms. The van der Waals surface area contributed by atoms with Gasteiger partial charge in [0.15, 0.2) is 0 Å². The third-order valence-corrected chi connectivity index (χ3v) is 6.44. The first-order valence-corrected chi connectivity index (χ1v) is 10.1. The summed E-state index contributed by atoms with van der Waals surface area (Å²) in [5, 5.41) is 10.7. The normalized spacial score (nSPS) is 25.6. The van der Waals surface area contributed by atoms with E-state index in [9.17, 15) is 9.59 Å². The predicted molar refractivity (Wildman–Crippen MR) is 104 cm³/mol. The van der Waals surface area contributed by atoms with E-state index in [0.29, 0.717) is 23.2 Å². The molecule has 8 nitrogen and oxygen atoms in total. The van der Waals surface area contributed by atoms with E-state index < -0.39 is 0 Å². The topological polar surface area (TPSA) is 102 Å². The fourth-order valence-corrected chi connectivity index (χ4v) is 4.27. The van der Waals surface area contributed by atoms with Crippen LogP contribution in [0.4, 0.5) is 5.95 Å². The second-order valence-corrected chi connectivity index (χ2v) is 8.19. The van der Waals surface area contributed by atoms with Crippen molar-refractivity contribution in [3.63, 3.8) is 0 Å². The summed E-state index contributed by atoms with van der Waals surface area (Å²) in [7, 11) is 0. The zero-order chi connectivity index (χ0) is 19.1. The molecule has 0 bridgehead atoms. The van der Waals surface area contributed by atoms with Crippen molar-refractivity contribution in [3.05, 3.63) is 34.9 Å². The van der Waals surface area contributed by atoms with Gasteiger partial charge in [0.05, 0.1) is 5.69 Å². The Balaban J connectivity index is 1.26. The van der Waals surface area contributed by atoms with E-state index in [4.69, 9.17) is 0 Å². The summed E-state index contributed by atoms with van der Waals surface area (Å²) in [5.74, 6) is 2.15. The minimum atomic E-state index is -0.299. The van der Waals surface area contributed by atoms with E-state index >= 15 is 0 Å². The second-order valence-electron chi connectivity index (χ2n) is 8.19. The van der Waals surface area contributed by atoms with Gasteiger partial charge in [0.2, 0.25) is 11.9 Å². The van der Waals surface area contributed by atoms with Crippen LogP contribution in [-0.4, -0.2) is 37.7 Å². The number of carbonyl (C=O) groups is 1. The third kappa shape index (κ3) is 3.27. The molecule has 3 saturated carbocycles. The minimum absolute atomic E-state index is 0.0755. The van der Waals surface area contributed by atoms with Crippen LogP contribution in [0, 0.1) is 11.8 Å². The molecule has 0 saturated heterocycles. The van der Waals surface area contributed by atoms with Crippen LogP contribution < -0.4 is 16.2 Å². The first kappa shape index (κ1) is 17.3. The monoisotopic (exact) mass is 380 g/mol. The molecule has 3 atom stereocenters. The van der Waals surface area contributed by atoms with Gasteiger partial charge >= 0.3 is 0 Å². The van der Waals surface area contributed by atoms with Crippen LogP contribution in [0.1, 0.15) is 38.5 Å². The van der Waals surface area contributed by atoms with Crippen molar-refractivity contribution in [2.45, 2.75) is 57.2 Å². The molecule has 3 aliphatic carbocycles. The lowest BCUT2D eigenvalue weighted by Gasteiger charge is -2.53. The maximum atomic E-state index is 12.1. The van der Waals surface area contributed by atoms with Crippen molar-refractivity contribution in [2.75, 3.05) is 5.32 Å². The Kier molecular flexibility index (Phi) is 4.33. The van der Waals surface area contributed by atoms with Crippen LogP contribution in [0.3, 0.4) is 0 Å². The van der Waals surface area contributed by atoms with E-state index in [-0.39, 0.29) is 24.1 Å². The standard InChI is InChI=1S/C20H24N6O2/c27-18(23-14-2-1-3-14)11-26-19(28)7-6-16(25-26)13-9-21-20(22-10-13)24-17-8-12-4-5-15(12)17/h6-7,9-10,12,14-15,17H,1-5,8,11H2,(H,23,27)(H,21,22,24). The molecule has 0 radical (unpaired) electrons. The molecule has 1 amide bonds. The SMILES string of the molecule is O=C(Cn1nc(-c2cnc(NC3CC4CCC43)nc2)ccc1=O)NC1CCC1. The van der Waals surface area contributed by atoms with Crippen LogP contribution in [0.2, 0.25) is 0 Å². The summed E-state index contributed by atoms with van der Waals surface area (Å²) in [6.07, 6.45) is 10.5. The molecule has 28 heavy (non-hydrogen) atoms. The van der Waals surface area contributed by atoms with Crippen molar-refractivity contribution in [3.8, 4) is 11.3 Å². The van der Waals surface area contributed by atoms with Crippen LogP contribution in [0.5, 0.6) is 0 Å². The van der Waals surface area contributed by atoms with Crippen molar-refractivity contribution in [1.29, 1.82) is 0 Å². The number of aromatic nitrogens is 4. The molecule has 2 heterocycles.